The fraction of sp³-hybridized carbons (Fsp3) is 0.438. The largest absolute Gasteiger partial charge is 0.378 e. The van der Waals surface area contributed by atoms with Crippen LogP contribution < -0.4 is 0 Å². The molecule has 0 N–H and O–H groups in total. The van der Waals surface area contributed by atoms with Crippen LogP contribution in [0.5, 0.6) is 0 Å². The molecular formula is C16H18N2O. The molecule has 1 fully saturated rings. The topological polar surface area (TPSA) is 38.0 Å². The third-order valence-corrected chi connectivity index (χ3v) is 3.85. The number of benzene rings is 1. The Morgan fingerprint density at radius 1 is 1.37 bits per heavy atom. The van der Waals surface area contributed by atoms with Gasteiger partial charge in [0.05, 0.1) is 17.7 Å². The lowest BCUT2D eigenvalue weighted by Gasteiger charge is -2.10. The van der Waals surface area contributed by atoms with E-state index in [-0.39, 0.29) is 0 Å². The average Bonchev–Trinajstić information content (AvgIpc) is 3.08. The van der Waals surface area contributed by atoms with Gasteiger partial charge >= 0.3 is 0 Å². The van der Waals surface area contributed by atoms with E-state index in [1.165, 1.54) is 18.4 Å². The van der Waals surface area contributed by atoms with Crippen LogP contribution in [0.15, 0.2) is 30.5 Å². The third-order valence-electron chi connectivity index (χ3n) is 3.85. The second kappa shape index (κ2) is 5.46. The maximum atomic E-state index is 8.90. The molecule has 19 heavy (non-hydrogen) atoms. The van der Waals surface area contributed by atoms with Gasteiger partial charge in [-0.15, -0.1) is 0 Å². The van der Waals surface area contributed by atoms with Gasteiger partial charge in [0.15, 0.2) is 0 Å². The molecule has 2 aromatic rings. The first kappa shape index (κ1) is 12.3. The molecule has 1 aliphatic rings. The molecule has 3 heteroatoms. The molecule has 1 aliphatic heterocycles. The van der Waals surface area contributed by atoms with Gasteiger partial charge in [-0.05, 0) is 49.9 Å². The SMILES string of the molecule is N#Cc1ccc2c(ccn2CCCC2CCCO2)c1. The van der Waals surface area contributed by atoms with Crippen molar-refractivity contribution in [2.24, 2.45) is 0 Å². The molecule has 1 atom stereocenters. The van der Waals surface area contributed by atoms with Gasteiger partial charge in [-0.3, -0.25) is 0 Å². The summed E-state index contributed by atoms with van der Waals surface area (Å²) in [4.78, 5) is 0. The molecule has 1 unspecified atom stereocenters. The highest BCUT2D eigenvalue weighted by Gasteiger charge is 2.14. The van der Waals surface area contributed by atoms with Gasteiger partial charge in [0, 0.05) is 30.3 Å². The number of hydrogen-bond acceptors (Lipinski definition) is 2. The van der Waals surface area contributed by atoms with Crippen molar-refractivity contribution in [1.82, 2.24) is 4.57 Å². The Balaban J connectivity index is 1.66. The van der Waals surface area contributed by atoms with Gasteiger partial charge in [-0.25, -0.2) is 0 Å². The second-order valence-corrected chi connectivity index (χ2v) is 5.17. The van der Waals surface area contributed by atoms with Crippen LogP contribution >= 0.6 is 0 Å². The highest BCUT2D eigenvalue weighted by atomic mass is 16.5. The fourth-order valence-electron chi connectivity index (χ4n) is 2.83. The van der Waals surface area contributed by atoms with Crippen LogP contribution in [0.2, 0.25) is 0 Å². The summed E-state index contributed by atoms with van der Waals surface area (Å²) < 4.78 is 7.91. The highest BCUT2D eigenvalue weighted by Crippen LogP contribution is 2.20. The first-order chi connectivity index (χ1) is 9.36. The Hall–Kier alpha value is -1.79. The second-order valence-electron chi connectivity index (χ2n) is 5.17. The van der Waals surface area contributed by atoms with E-state index in [0.717, 1.165) is 36.9 Å². The van der Waals surface area contributed by atoms with E-state index < -0.39 is 0 Å². The molecule has 1 saturated heterocycles. The Labute approximate surface area is 113 Å². The normalized spacial score (nSPS) is 18.8. The van der Waals surface area contributed by atoms with Gasteiger partial charge in [0.2, 0.25) is 0 Å². The number of aromatic nitrogens is 1. The van der Waals surface area contributed by atoms with E-state index in [9.17, 15) is 0 Å². The zero-order valence-electron chi connectivity index (χ0n) is 11.0. The van der Waals surface area contributed by atoms with Gasteiger partial charge in [-0.2, -0.15) is 5.26 Å². The Morgan fingerprint density at radius 3 is 3.11 bits per heavy atom. The number of rotatable bonds is 4. The molecule has 1 aromatic carbocycles. The van der Waals surface area contributed by atoms with E-state index in [1.54, 1.807) is 0 Å². The average molecular weight is 254 g/mol. The first-order valence-electron chi connectivity index (χ1n) is 6.97. The van der Waals surface area contributed by atoms with Gasteiger partial charge in [0.1, 0.15) is 0 Å². The van der Waals surface area contributed by atoms with Crippen molar-refractivity contribution < 1.29 is 4.74 Å². The summed E-state index contributed by atoms with van der Waals surface area (Å²) in [6, 6.07) is 10.1. The van der Waals surface area contributed by atoms with Crippen molar-refractivity contribution in [2.75, 3.05) is 6.61 Å². The number of nitrogens with zero attached hydrogens (tertiary/aromatic N) is 2. The van der Waals surface area contributed by atoms with E-state index >= 15 is 0 Å². The maximum absolute atomic E-state index is 8.90. The molecule has 3 rings (SSSR count). The monoisotopic (exact) mass is 254 g/mol. The molecule has 2 heterocycles. The van der Waals surface area contributed by atoms with E-state index in [2.05, 4.69) is 22.9 Å². The summed E-state index contributed by atoms with van der Waals surface area (Å²) >= 11 is 0. The zero-order valence-corrected chi connectivity index (χ0v) is 11.0. The molecular weight excluding hydrogens is 236 g/mol. The van der Waals surface area contributed by atoms with Gasteiger partial charge < -0.3 is 9.30 Å². The van der Waals surface area contributed by atoms with Gasteiger partial charge in [-0.1, -0.05) is 0 Å². The lowest BCUT2D eigenvalue weighted by molar-refractivity contribution is 0.101. The van der Waals surface area contributed by atoms with Crippen LogP contribution in [-0.4, -0.2) is 17.3 Å². The minimum atomic E-state index is 0.479. The van der Waals surface area contributed by atoms with Crippen LogP contribution in [0, 0.1) is 11.3 Å². The number of aryl methyl sites for hydroxylation is 1. The smallest absolute Gasteiger partial charge is 0.0991 e. The molecule has 0 bridgehead atoms. The predicted molar refractivity (Wildman–Crippen MR) is 74.9 cm³/mol. The van der Waals surface area contributed by atoms with Crippen LogP contribution in [0.4, 0.5) is 0 Å². The summed E-state index contributed by atoms with van der Waals surface area (Å²) in [5.74, 6) is 0. The van der Waals surface area contributed by atoms with Crippen LogP contribution in [0.25, 0.3) is 10.9 Å². The van der Waals surface area contributed by atoms with Crippen molar-refractivity contribution in [1.29, 1.82) is 5.26 Å². The molecule has 0 radical (unpaired) electrons. The predicted octanol–water partition coefficient (Wildman–Crippen LogP) is 3.47. The fourth-order valence-corrected chi connectivity index (χ4v) is 2.83. The molecule has 0 aliphatic carbocycles. The summed E-state index contributed by atoms with van der Waals surface area (Å²) in [7, 11) is 0. The van der Waals surface area contributed by atoms with Crippen molar-refractivity contribution in [2.45, 2.75) is 38.3 Å². The summed E-state index contributed by atoms with van der Waals surface area (Å²) in [6.07, 6.45) is 7.32. The molecule has 0 amide bonds. The lowest BCUT2D eigenvalue weighted by atomic mass is 10.1. The minimum absolute atomic E-state index is 0.479. The van der Waals surface area contributed by atoms with Crippen molar-refractivity contribution in [3.63, 3.8) is 0 Å². The van der Waals surface area contributed by atoms with E-state index in [1.807, 2.05) is 18.2 Å². The Morgan fingerprint density at radius 2 is 2.32 bits per heavy atom. The standard InChI is InChI=1S/C16H18N2O/c17-12-13-5-6-16-14(11-13)7-9-18(16)8-1-3-15-4-2-10-19-15/h5-7,9,11,15H,1-4,8,10H2. The molecule has 1 aromatic heterocycles. The maximum Gasteiger partial charge on any atom is 0.0991 e. The summed E-state index contributed by atoms with van der Waals surface area (Å²) in [6.45, 7) is 1.96. The lowest BCUT2D eigenvalue weighted by Crippen LogP contribution is -2.06. The first-order valence-corrected chi connectivity index (χ1v) is 6.97. The van der Waals surface area contributed by atoms with E-state index in [0.29, 0.717) is 6.10 Å². The van der Waals surface area contributed by atoms with E-state index in [4.69, 9.17) is 10.00 Å². The minimum Gasteiger partial charge on any atom is -0.378 e. The number of nitriles is 1. The Kier molecular flexibility index (Phi) is 3.52. The molecule has 0 saturated carbocycles. The highest BCUT2D eigenvalue weighted by molar-refractivity contribution is 5.81. The number of fused-ring (bicyclic) bond motifs is 1. The molecule has 98 valence electrons. The summed E-state index contributed by atoms with van der Waals surface area (Å²) in [5, 5.41) is 10.0. The number of hydrogen-bond donors (Lipinski definition) is 0. The van der Waals surface area contributed by atoms with Crippen molar-refractivity contribution in [3.05, 3.63) is 36.0 Å². The van der Waals surface area contributed by atoms with Crippen LogP contribution in [-0.2, 0) is 11.3 Å². The molecule has 3 nitrogen and oxygen atoms in total. The molecule has 0 spiro atoms. The van der Waals surface area contributed by atoms with Crippen LogP contribution in [0.1, 0.15) is 31.2 Å². The van der Waals surface area contributed by atoms with Crippen molar-refractivity contribution in [3.8, 4) is 6.07 Å². The number of ether oxygens (including phenoxy) is 1. The zero-order chi connectivity index (χ0) is 13.1. The van der Waals surface area contributed by atoms with Crippen LogP contribution in [0.3, 0.4) is 0 Å². The van der Waals surface area contributed by atoms with Gasteiger partial charge in [0.25, 0.3) is 0 Å². The van der Waals surface area contributed by atoms with Crippen molar-refractivity contribution >= 4 is 10.9 Å². The summed E-state index contributed by atoms with van der Waals surface area (Å²) in [5.41, 5.74) is 1.94. The Bertz CT molecular complexity index is 603. The third kappa shape index (κ3) is 2.64. The quantitative estimate of drug-likeness (QED) is 0.837.